The predicted octanol–water partition coefficient (Wildman–Crippen LogP) is 7.28. The van der Waals surface area contributed by atoms with Gasteiger partial charge in [0.15, 0.2) is 0 Å². The van der Waals surface area contributed by atoms with E-state index < -0.39 is 5.60 Å². The van der Waals surface area contributed by atoms with Gasteiger partial charge in [0.25, 0.3) is 0 Å². The van der Waals surface area contributed by atoms with Crippen LogP contribution in [-0.2, 0) is 4.74 Å². The second-order valence-corrected chi connectivity index (χ2v) is 12.8. The van der Waals surface area contributed by atoms with Gasteiger partial charge in [0.1, 0.15) is 28.7 Å². The molecular formula is C34H43ClN6O3. The van der Waals surface area contributed by atoms with Gasteiger partial charge in [0.05, 0.1) is 17.0 Å². The first-order chi connectivity index (χ1) is 21.1. The van der Waals surface area contributed by atoms with Gasteiger partial charge in [0, 0.05) is 63.0 Å². The standard InChI is InChI=1S/C34H43ClN6O3/c1-25-36-24-30-31(38-27-11-9-13-29(23-27)43-28-12-8-10-26(35)22-28)14-17-40(32(30)37-25)16-7-5-6-15-39-18-20-41(21-19-39)33(42)44-34(2,3)4/h8-13,22-24H,5-7,14-21H2,1-4H3. The SMILES string of the molecule is Cc1ncc2c(n1)N(CCCCCN1CCN(C(=O)OC(C)(C)C)CC1)CCC2=Nc1cccc(Oc2cccc(Cl)c2)c1. The van der Waals surface area contributed by atoms with Crippen molar-refractivity contribution in [1.29, 1.82) is 0 Å². The molecule has 3 heterocycles. The highest BCUT2D eigenvalue weighted by atomic mass is 35.5. The lowest BCUT2D eigenvalue weighted by molar-refractivity contribution is 0.0144. The first kappa shape index (κ1) is 31.7. The van der Waals surface area contributed by atoms with Crippen LogP contribution in [0.4, 0.5) is 16.3 Å². The Hall–Kier alpha value is -3.69. The zero-order valence-corrected chi connectivity index (χ0v) is 27.0. The molecule has 3 aromatic rings. The highest BCUT2D eigenvalue weighted by Gasteiger charge is 2.26. The monoisotopic (exact) mass is 618 g/mol. The molecule has 234 valence electrons. The average molecular weight is 619 g/mol. The lowest BCUT2D eigenvalue weighted by Crippen LogP contribution is -2.50. The lowest BCUT2D eigenvalue weighted by Gasteiger charge is -2.35. The molecular weight excluding hydrogens is 576 g/mol. The molecule has 0 bridgehead atoms. The molecule has 1 saturated heterocycles. The van der Waals surface area contributed by atoms with E-state index in [2.05, 4.69) is 14.8 Å². The van der Waals surface area contributed by atoms with Crippen molar-refractivity contribution in [2.24, 2.45) is 4.99 Å². The van der Waals surface area contributed by atoms with Crippen LogP contribution < -0.4 is 9.64 Å². The van der Waals surface area contributed by atoms with E-state index in [4.69, 9.17) is 31.1 Å². The van der Waals surface area contributed by atoms with Crippen LogP contribution >= 0.6 is 11.6 Å². The van der Waals surface area contributed by atoms with Crippen LogP contribution in [0.3, 0.4) is 0 Å². The number of amides is 1. The smallest absolute Gasteiger partial charge is 0.410 e. The Morgan fingerprint density at radius 2 is 1.68 bits per heavy atom. The van der Waals surface area contributed by atoms with Crippen molar-refractivity contribution in [3.63, 3.8) is 0 Å². The van der Waals surface area contributed by atoms with E-state index in [1.54, 1.807) is 6.07 Å². The summed E-state index contributed by atoms with van der Waals surface area (Å²) in [7, 11) is 0. The number of anilines is 1. The van der Waals surface area contributed by atoms with E-state index in [1.165, 1.54) is 0 Å². The number of unbranched alkanes of at least 4 members (excludes halogenated alkanes) is 2. The van der Waals surface area contributed by atoms with E-state index in [9.17, 15) is 4.79 Å². The minimum atomic E-state index is -0.456. The fraction of sp³-hybridized carbons (Fsp3) is 0.471. The highest BCUT2D eigenvalue weighted by molar-refractivity contribution is 6.30. The number of nitrogens with zero attached hydrogens (tertiary/aromatic N) is 6. The molecule has 0 atom stereocenters. The average Bonchev–Trinajstić information content (AvgIpc) is 2.97. The van der Waals surface area contributed by atoms with Crippen molar-refractivity contribution in [2.45, 2.75) is 59.0 Å². The molecule has 0 spiro atoms. The number of fused-ring (bicyclic) bond motifs is 1. The summed E-state index contributed by atoms with van der Waals surface area (Å²) in [6, 6.07) is 15.1. The van der Waals surface area contributed by atoms with Gasteiger partial charge in [-0.3, -0.25) is 9.89 Å². The Morgan fingerprint density at radius 1 is 0.955 bits per heavy atom. The minimum Gasteiger partial charge on any atom is -0.457 e. The van der Waals surface area contributed by atoms with Gasteiger partial charge < -0.3 is 19.3 Å². The van der Waals surface area contributed by atoms with Crippen LogP contribution in [0.5, 0.6) is 11.5 Å². The van der Waals surface area contributed by atoms with E-state index in [-0.39, 0.29) is 6.09 Å². The van der Waals surface area contributed by atoms with Gasteiger partial charge in [-0.05, 0) is 77.4 Å². The van der Waals surface area contributed by atoms with Gasteiger partial charge in [-0.2, -0.15) is 0 Å². The predicted molar refractivity (Wildman–Crippen MR) is 176 cm³/mol. The molecule has 1 aromatic heterocycles. The molecule has 1 amide bonds. The number of carbonyl (C=O) groups is 1. The van der Waals surface area contributed by atoms with E-state index >= 15 is 0 Å². The van der Waals surface area contributed by atoms with E-state index in [0.29, 0.717) is 16.5 Å². The number of hydrogen-bond donors (Lipinski definition) is 0. The summed E-state index contributed by atoms with van der Waals surface area (Å²) in [5, 5.41) is 0.632. The number of hydrogen-bond acceptors (Lipinski definition) is 8. The zero-order chi connectivity index (χ0) is 31.1. The quantitative estimate of drug-likeness (QED) is 0.233. The summed E-state index contributed by atoms with van der Waals surface area (Å²) in [6.07, 6.45) is 5.89. The number of aliphatic imine (C=N–C) groups is 1. The molecule has 44 heavy (non-hydrogen) atoms. The normalized spacial score (nSPS) is 16.6. The van der Waals surface area contributed by atoms with Gasteiger partial charge in [-0.1, -0.05) is 30.2 Å². The Balaban J connectivity index is 1.12. The Morgan fingerprint density at radius 3 is 2.43 bits per heavy atom. The Kier molecular flexibility index (Phi) is 10.4. The number of aromatic nitrogens is 2. The summed E-state index contributed by atoms with van der Waals surface area (Å²) in [5.74, 6) is 3.12. The van der Waals surface area contributed by atoms with Gasteiger partial charge in [0.2, 0.25) is 0 Å². The highest BCUT2D eigenvalue weighted by Crippen LogP contribution is 2.30. The molecule has 0 N–H and O–H groups in total. The third-order valence-electron chi connectivity index (χ3n) is 7.66. The van der Waals surface area contributed by atoms with Crippen LogP contribution in [0.15, 0.2) is 59.7 Å². The third kappa shape index (κ3) is 8.92. The second-order valence-electron chi connectivity index (χ2n) is 12.4. The van der Waals surface area contributed by atoms with Crippen molar-refractivity contribution in [2.75, 3.05) is 50.7 Å². The second kappa shape index (κ2) is 14.4. The van der Waals surface area contributed by atoms with Crippen molar-refractivity contribution >= 4 is 34.9 Å². The van der Waals surface area contributed by atoms with Gasteiger partial charge in [-0.15, -0.1) is 0 Å². The number of carbonyl (C=O) groups excluding carboxylic acids is 1. The summed E-state index contributed by atoms with van der Waals surface area (Å²) in [6.45, 7) is 13.8. The number of rotatable bonds is 9. The summed E-state index contributed by atoms with van der Waals surface area (Å²) in [5.41, 5.74) is 2.35. The largest absolute Gasteiger partial charge is 0.457 e. The maximum absolute atomic E-state index is 12.3. The molecule has 0 saturated carbocycles. The molecule has 2 aromatic carbocycles. The van der Waals surface area contributed by atoms with Crippen molar-refractivity contribution in [3.8, 4) is 11.5 Å². The molecule has 2 aliphatic heterocycles. The van der Waals surface area contributed by atoms with Gasteiger partial charge in [-0.25, -0.2) is 14.8 Å². The van der Waals surface area contributed by atoms with E-state index in [0.717, 1.165) is 100 Å². The summed E-state index contributed by atoms with van der Waals surface area (Å²) < 4.78 is 11.5. The van der Waals surface area contributed by atoms with Crippen LogP contribution in [-0.4, -0.2) is 83.0 Å². The van der Waals surface area contributed by atoms with Crippen LogP contribution in [0.25, 0.3) is 0 Å². The van der Waals surface area contributed by atoms with Crippen LogP contribution in [0.2, 0.25) is 5.02 Å². The Labute approximate surface area is 265 Å². The van der Waals surface area contributed by atoms with Crippen molar-refractivity contribution in [1.82, 2.24) is 19.8 Å². The van der Waals surface area contributed by atoms with Gasteiger partial charge >= 0.3 is 6.09 Å². The molecule has 0 unspecified atom stereocenters. The summed E-state index contributed by atoms with van der Waals surface area (Å²) >= 11 is 6.12. The molecule has 9 nitrogen and oxygen atoms in total. The number of piperazine rings is 1. The van der Waals surface area contributed by atoms with E-state index in [1.807, 2.05) is 81.3 Å². The zero-order valence-electron chi connectivity index (χ0n) is 26.3. The lowest BCUT2D eigenvalue weighted by atomic mass is 10.0. The molecule has 2 aliphatic rings. The fourth-order valence-corrected chi connectivity index (χ4v) is 5.63. The molecule has 1 fully saturated rings. The maximum atomic E-state index is 12.3. The first-order valence-electron chi connectivity index (χ1n) is 15.5. The number of halogens is 1. The fourth-order valence-electron chi connectivity index (χ4n) is 5.45. The van der Waals surface area contributed by atoms with Crippen molar-refractivity contribution < 1.29 is 14.3 Å². The number of aryl methyl sites for hydroxylation is 1. The summed E-state index contributed by atoms with van der Waals surface area (Å²) in [4.78, 5) is 33.3. The number of ether oxygens (including phenoxy) is 2. The first-order valence-corrected chi connectivity index (χ1v) is 15.9. The third-order valence-corrected chi connectivity index (χ3v) is 7.89. The minimum absolute atomic E-state index is 0.206. The molecule has 0 aliphatic carbocycles. The topological polar surface area (TPSA) is 83.4 Å². The number of benzene rings is 2. The van der Waals surface area contributed by atoms with Crippen LogP contribution in [0.1, 0.15) is 57.8 Å². The molecule has 0 radical (unpaired) electrons. The molecule has 10 heteroatoms. The van der Waals surface area contributed by atoms with Crippen molar-refractivity contribution in [3.05, 3.63) is 71.1 Å². The maximum Gasteiger partial charge on any atom is 0.410 e. The Bertz CT molecular complexity index is 1470. The van der Waals surface area contributed by atoms with Crippen LogP contribution in [0, 0.1) is 6.92 Å². The molecule has 5 rings (SSSR count).